The smallest absolute Gasteiger partial charge is 0.407 e. The van der Waals surface area contributed by atoms with Crippen LogP contribution in [0.25, 0.3) is 0 Å². The molecule has 4 N–H and O–H groups in total. The molecule has 3 amide bonds. The molecule has 258 valence electrons. The fraction of sp³-hybridized carbons (Fsp3) is 0.447. The molecule has 48 heavy (non-hydrogen) atoms. The van der Waals surface area contributed by atoms with E-state index in [1.54, 1.807) is 12.0 Å². The van der Waals surface area contributed by atoms with E-state index in [0.717, 1.165) is 22.4 Å². The molecule has 5 atom stereocenters. The summed E-state index contributed by atoms with van der Waals surface area (Å²) in [6.45, 7) is 4.94. The van der Waals surface area contributed by atoms with Crippen LogP contribution in [0.1, 0.15) is 49.8 Å². The summed E-state index contributed by atoms with van der Waals surface area (Å²) in [7, 11) is 2.90. The van der Waals surface area contributed by atoms with Crippen molar-refractivity contribution < 1.29 is 29.0 Å². The Hall–Kier alpha value is -4.41. The molecule has 1 aliphatic rings. The van der Waals surface area contributed by atoms with Crippen LogP contribution < -0.4 is 20.7 Å². The second-order valence-corrected chi connectivity index (χ2v) is 12.5. The maximum atomic E-state index is 14.3. The first-order valence-electron chi connectivity index (χ1n) is 16.8. The second-order valence-electron chi connectivity index (χ2n) is 12.5. The van der Waals surface area contributed by atoms with Crippen LogP contribution in [0.3, 0.4) is 0 Å². The molecule has 0 spiro atoms. The Balaban J connectivity index is 1.57. The molecule has 0 saturated carbocycles. The standard InChI is InChI=1S/C38H50N4O6/c1-5-27(2)38(41-37(46)48-4)21-22-42(36(38)45)33(20-19-28-13-8-6-9-14-28)35(44)40-32(24-29-15-10-7-11-16-29)34(43)26-39-25-30-17-12-18-31(23-30)47-3/h6-18,23,27,32-34,39,43H,5,19-22,24-26H2,1-4H3,(H,40,44)(H,41,46)/t27-,32-,33-,34+,38?/m0/s1. The van der Waals surface area contributed by atoms with Gasteiger partial charge >= 0.3 is 6.09 Å². The highest BCUT2D eigenvalue weighted by atomic mass is 16.5. The summed E-state index contributed by atoms with van der Waals surface area (Å²) in [4.78, 5) is 42.7. The molecule has 10 heteroatoms. The van der Waals surface area contributed by atoms with E-state index in [-0.39, 0.29) is 24.3 Å². The van der Waals surface area contributed by atoms with Crippen LogP contribution in [0.4, 0.5) is 4.79 Å². The third kappa shape index (κ3) is 9.35. The summed E-state index contributed by atoms with van der Waals surface area (Å²) in [5, 5.41) is 20.8. The molecule has 0 radical (unpaired) electrons. The number of nitrogens with zero attached hydrogens (tertiary/aromatic N) is 1. The van der Waals surface area contributed by atoms with E-state index in [1.807, 2.05) is 98.8 Å². The number of rotatable bonds is 17. The molecule has 10 nitrogen and oxygen atoms in total. The number of nitrogens with one attached hydrogen (secondary N) is 3. The molecule has 1 heterocycles. The lowest BCUT2D eigenvalue weighted by Gasteiger charge is -2.36. The van der Waals surface area contributed by atoms with Gasteiger partial charge < -0.3 is 35.4 Å². The number of alkyl carbamates (subject to hydrolysis) is 1. The fourth-order valence-electron chi connectivity index (χ4n) is 6.43. The van der Waals surface area contributed by atoms with Crippen molar-refractivity contribution in [3.05, 3.63) is 102 Å². The van der Waals surface area contributed by atoms with Crippen LogP contribution in [0.2, 0.25) is 0 Å². The van der Waals surface area contributed by atoms with Gasteiger partial charge in [0.15, 0.2) is 0 Å². The summed E-state index contributed by atoms with van der Waals surface area (Å²) in [6.07, 6.45) is 0.741. The average Bonchev–Trinajstić information content (AvgIpc) is 3.44. The molecule has 0 aliphatic carbocycles. The number of likely N-dealkylation sites (tertiary alicyclic amines) is 1. The highest BCUT2D eigenvalue weighted by Crippen LogP contribution is 2.34. The number of carbonyl (C=O) groups is 3. The first-order valence-corrected chi connectivity index (χ1v) is 16.8. The van der Waals surface area contributed by atoms with E-state index in [0.29, 0.717) is 45.2 Å². The van der Waals surface area contributed by atoms with Gasteiger partial charge in [0, 0.05) is 19.6 Å². The number of hydrogen-bond donors (Lipinski definition) is 4. The molecule has 3 aromatic carbocycles. The summed E-state index contributed by atoms with van der Waals surface area (Å²) in [6, 6.07) is 25.8. The van der Waals surface area contributed by atoms with Crippen LogP contribution in [0, 0.1) is 5.92 Å². The number of carbonyl (C=O) groups excluding carboxylic acids is 3. The van der Waals surface area contributed by atoms with E-state index in [1.165, 1.54) is 7.11 Å². The predicted octanol–water partition coefficient (Wildman–Crippen LogP) is 4.25. The third-order valence-electron chi connectivity index (χ3n) is 9.49. The van der Waals surface area contributed by atoms with Gasteiger partial charge in [-0.1, -0.05) is 93.1 Å². The molecule has 1 fully saturated rings. The van der Waals surface area contributed by atoms with E-state index < -0.39 is 29.8 Å². The predicted molar refractivity (Wildman–Crippen MR) is 185 cm³/mol. The monoisotopic (exact) mass is 658 g/mol. The maximum Gasteiger partial charge on any atom is 0.407 e. The first-order chi connectivity index (χ1) is 23.2. The molecule has 1 saturated heterocycles. The fourth-order valence-corrected chi connectivity index (χ4v) is 6.43. The minimum absolute atomic E-state index is 0.185. The first kappa shape index (κ1) is 36.4. The van der Waals surface area contributed by atoms with Gasteiger partial charge in [0.2, 0.25) is 11.8 Å². The van der Waals surface area contributed by atoms with E-state index in [9.17, 15) is 19.5 Å². The Morgan fingerprint density at radius 2 is 1.62 bits per heavy atom. The Morgan fingerprint density at radius 3 is 2.27 bits per heavy atom. The van der Waals surface area contributed by atoms with Gasteiger partial charge in [-0.15, -0.1) is 0 Å². The molecule has 0 aromatic heterocycles. The van der Waals surface area contributed by atoms with Gasteiger partial charge in [-0.05, 0) is 60.4 Å². The van der Waals surface area contributed by atoms with Crippen LogP contribution >= 0.6 is 0 Å². The highest BCUT2D eigenvalue weighted by molar-refractivity contribution is 5.96. The van der Waals surface area contributed by atoms with Crippen molar-refractivity contribution in [1.82, 2.24) is 20.9 Å². The lowest BCUT2D eigenvalue weighted by Crippen LogP contribution is -2.61. The number of methoxy groups -OCH3 is 2. The van der Waals surface area contributed by atoms with E-state index >= 15 is 0 Å². The van der Waals surface area contributed by atoms with Crippen LogP contribution in [0.5, 0.6) is 5.75 Å². The Labute approximate surface area is 284 Å². The minimum Gasteiger partial charge on any atom is -0.497 e. The lowest BCUT2D eigenvalue weighted by molar-refractivity contribution is -0.142. The SMILES string of the molecule is CC[C@H](C)C1(NC(=O)OC)CCN([C@@H](CCc2ccccc2)C(=O)N[C@@H](Cc2ccccc2)[C@H](O)CNCc2cccc(OC)c2)C1=O. The molecule has 4 rings (SSSR count). The van der Waals surface area contributed by atoms with Crippen molar-refractivity contribution in [2.45, 2.75) is 76.2 Å². The molecular formula is C38H50N4O6. The summed E-state index contributed by atoms with van der Waals surface area (Å²) >= 11 is 0. The minimum atomic E-state index is -1.18. The molecule has 0 bridgehead atoms. The zero-order valence-electron chi connectivity index (χ0n) is 28.5. The van der Waals surface area contributed by atoms with Crippen LogP contribution in [-0.2, 0) is 33.7 Å². The van der Waals surface area contributed by atoms with Crippen molar-refractivity contribution in [3.63, 3.8) is 0 Å². The van der Waals surface area contributed by atoms with Gasteiger partial charge in [-0.25, -0.2) is 4.79 Å². The number of hydrogen-bond acceptors (Lipinski definition) is 7. The summed E-state index contributed by atoms with van der Waals surface area (Å²) in [5.74, 6) is -0.0721. The number of aryl methyl sites for hydroxylation is 1. The average molecular weight is 659 g/mol. The lowest BCUT2D eigenvalue weighted by atomic mass is 9.82. The number of benzene rings is 3. The molecule has 1 unspecified atom stereocenters. The maximum absolute atomic E-state index is 14.3. The summed E-state index contributed by atoms with van der Waals surface area (Å²) < 4.78 is 10.2. The summed E-state index contributed by atoms with van der Waals surface area (Å²) in [5.41, 5.74) is 1.83. The number of ether oxygens (including phenoxy) is 2. The van der Waals surface area contributed by atoms with E-state index in [4.69, 9.17) is 9.47 Å². The van der Waals surface area contributed by atoms with Gasteiger partial charge in [0.1, 0.15) is 17.3 Å². The second kappa shape index (κ2) is 17.7. The molecule has 3 aromatic rings. The van der Waals surface area contributed by atoms with Crippen molar-refractivity contribution in [3.8, 4) is 5.75 Å². The normalized spacial score (nSPS) is 18.4. The highest BCUT2D eigenvalue weighted by Gasteiger charge is 2.53. The van der Waals surface area contributed by atoms with Crippen molar-refractivity contribution in [2.24, 2.45) is 5.92 Å². The van der Waals surface area contributed by atoms with Crippen molar-refractivity contribution >= 4 is 17.9 Å². The van der Waals surface area contributed by atoms with Crippen molar-refractivity contribution in [2.75, 3.05) is 27.3 Å². The number of amides is 3. The molecule has 1 aliphatic heterocycles. The van der Waals surface area contributed by atoms with E-state index in [2.05, 4.69) is 16.0 Å². The number of aliphatic hydroxyl groups excluding tert-OH is 1. The number of aliphatic hydroxyl groups is 1. The quantitative estimate of drug-likeness (QED) is 0.171. The van der Waals surface area contributed by atoms with Gasteiger partial charge in [-0.3, -0.25) is 9.59 Å². The Bertz CT molecular complexity index is 1470. The Kier molecular flexibility index (Phi) is 13.4. The largest absolute Gasteiger partial charge is 0.497 e. The Morgan fingerprint density at radius 1 is 0.958 bits per heavy atom. The topological polar surface area (TPSA) is 129 Å². The van der Waals surface area contributed by atoms with Gasteiger partial charge in [0.05, 0.1) is 26.4 Å². The zero-order chi connectivity index (χ0) is 34.5. The van der Waals surface area contributed by atoms with Crippen LogP contribution in [-0.4, -0.2) is 78.9 Å². The third-order valence-corrected chi connectivity index (χ3v) is 9.49. The molecular weight excluding hydrogens is 608 g/mol. The zero-order valence-corrected chi connectivity index (χ0v) is 28.5. The van der Waals surface area contributed by atoms with Gasteiger partial charge in [0.25, 0.3) is 0 Å². The van der Waals surface area contributed by atoms with Gasteiger partial charge in [-0.2, -0.15) is 0 Å². The van der Waals surface area contributed by atoms with Crippen molar-refractivity contribution in [1.29, 1.82) is 0 Å². The van der Waals surface area contributed by atoms with Crippen LogP contribution in [0.15, 0.2) is 84.9 Å².